The summed E-state index contributed by atoms with van der Waals surface area (Å²) >= 11 is 0. The lowest BCUT2D eigenvalue weighted by Gasteiger charge is -2.12. The lowest BCUT2D eigenvalue weighted by Crippen LogP contribution is -2.05. The van der Waals surface area contributed by atoms with Gasteiger partial charge in [-0.1, -0.05) is 36.9 Å². The van der Waals surface area contributed by atoms with Gasteiger partial charge in [-0.3, -0.25) is 0 Å². The number of nitrogens with one attached hydrogen (secondary N) is 1. The first-order valence-corrected chi connectivity index (χ1v) is 7.00. The normalized spacial score (nSPS) is 10.8. The first-order chi connectivity index (χ1) is 10.1. The molecule has 3 heteroatoms. The molecule has 0 aliphatic carbocycles. The summed E-state index contributed by atoms with van der Waals surface area (Å²) in [4.78, 5) is 4.48. The Kier molecular flexibility index (Phi) is 3.26. The molecule has 3 rings (SSSR count). The first-order valence-electron chi connectivity index (χ1n) is 7.00. The van der Waals surface area contributed by atoms with Crippen LogP contribution in [0.15, 0.2) is 49.3 Å². The van der Waals surface area contributed by atoms with Crippen LogP contribution in [0, 0.1) is 6.92 Å². The molecular weight excluding hydrogens is 258 g/mol. The van der Waals surface area contributed by atoms with Crippen molar-refractivity contribution in [2.45, 2.75) is 6.92 Å². The molecule has 0 atom stereocenters. The highest BCUT2D eigenvalue weighted by Crippen LogP contribution is 2.31. The molecule has 106 valence electrons. The third-order valence-corrected chi connectivity index (χ3v) is 3.87. The van der Waals surface area contributed by atoms with Crippen molar-refractivity contribution < 1.29 is 0 Å². The van der Waals surface area contributed by atoms with Crippen LogP contribution < -0.4 is 5.32 Å². The Morgan fingerprint density at radius 3 is 2.52 bits per heavy atom. The lowest BCUT2D eigenvalue weighted by molar-refractivity contribution is 0.920. The number of fused-ring (bicyclic) bond motifs is 1. The van der Waals surface area contributed by atoms with E-state index in [-0.39, 0.29) is 0 Å². The van der Waals surface area contributed by atoms with Crippen LogP contribution in [0.5, 0.6) is 0 Å². The molecule has 3 nitrogen and oxygen atoms in total. The first kappa shape index (κ1) is 13.4. The van der Waals surface area contributed by atoms with Crippen molar-refractivity contribution >= 4 is 16.5 Å². The van der Waals surface area contributed by atoms with Crippen LogP contribution in [0.1, 0.15) is 11.3 Å². The number of hydrogen-bond acceptors (Lipinski definition) is 2. The molecule has 0 aliphatic heterocycles. The van der Waals surface area contributed by atoms with Crippen LogP contribution in [0.4, 0.5) is 0 Å². The van der Waals surface area contributed by atoms with Gasteiger partial charge in [-0.05, 0) is 29.3 Å². The van der Waals surface area contributed by atoms with Crippen LogP contribution in [-0.2, 0) is 7.05 Å². The summed E-state index contributed by atoms with van der Waals surface area (Å²) < 4.78 is 2.05. The number of imidazole rings is 1. The molecule has 21 heavy (non-hydrogen) atoms. The average molecular weight is 277 g/mol. The molecule has 0 aliphatic rings. The van der Waals surface area contributed by atoms with Gasteiger partial charge in [0, 0.05) is 19.7 Å². The van der Waals surface area contributed by atoms with E-state index >= 15 is 0 Å². The Balaban J connectivity index is 2.28. The van der Waals surface area contributed by atoms with Crippen LogP contribution in [0.25, 0.3) is 27.7 Å². The third-order valence-electron chi connectivity index (χ3n) is 3.87. The fraction of sp³-hybridized carbons (Fsp3) is 0.167. The minimum Gasteiger partial charge on any atom is -0.387 e. The average Bonchev–Trinajstić information content (AvgIpc) is 2.87. The van der Waals surface area contributed by atoms with E-state index in [9.17, 15) is 0 Å². The molecule has 0 unspecified atom stereocenters. The molecule has 3 aromatic rings. The molecule has 0 amide bonds. The van der Waals surface area contributed by atoms with Crippen molar-refractivity contribution in [3.63, 3.8) is 0 Å². The van der Waals surface area contributed by atoms with Gasteiger partial charge in [0.2, 0.25) is 0 Å². The number of aromatic nitrogens is 2. The van der Waals surface area contributed by atoms with Gasteiger partial charge in [0.15, 0.2) is 0 Å². The summed E-state index contributed by atoms with van der Waals surface area (Å²) in [7, 11) is 3.89. The number of nitrogens with zero attached hydrogens (tertiary/aromatic N) is 2. The summed E-state index contributed by atoms with van der Waals surface area (Å²) in [6.07, 6.45) is 1.84. The van der Waals surface area contributed by atoms with E-state index in [4.69, 9.17) is 0 Å². The monoisotopic (exact) mass is 277 g/mol. The molecule has 0 fully saturated rings. The van der Waals surface area contributed by atoms with E-state index in [0.717, 1.165) is 17.1 Å². The SMILES string of the molecule is C=C(NC)c1ncn(C)c1-c1cc2ccccc2cc1C. The smallest absolute Gasteiger partial charge is 0.112 e. The van der Waals surface area contributed by atoms with E-state index in [1.165, 1.54) is 21.9 Å². The zero-order valence-corrected chi connectivity index (χ0v) is 12.6. The molecule has 0 radical (unpaired) electrons. The summed E-state index contributed by atoms with van der Waals surface area (Å²) in [5.74, 6) is 0. The maximum Gasteiger partial charge on any atom is 0.112 e. The van der Waals surface area contributed by atoms with Crippen molar-refractivity contribution in [1.82, 2.24) is 14.9 Å². The highest BCUT2D eigenvalue weighted by Gasteiger charge is 2.15. The van der Waals surface area contributed by atoms with Gasteiger partial charge in [0.25, 0.3) is 0 Å². The summed E-state index contributed by atoms with van der Waals surface area (Å²) in [6.45, 7) is 6.19. The molecule has 1 N–H and O–H groups in total. The molecule has 1 aromatic heterocycles. The predicted octanol–water partition coefficient (Wildman–Crippen LogP) is 3.74. The quantitative estimate of drug-likeness (QED) is 0.790. The largest absolute Gasteiger partial charge is 0.387 e. The fourth-order valence-electron chi connectivity index (χ4n) is 2.70. The van der Waals surface area contributed by atoms with Gasteiger partial charge < -0.3 is 9.88 Å². The second-order valence-corrected chi connectivity index (χ2v) is 5.30. The second kappa shape index (κ2) is 5.09. The van der Waals surface area contributed by atoms with E-state index in [2.05, 4.69) is 64.8 Å². The van der Waals surface area contributed by atoms with Crippen molar-refractivity contribution in [1.29, 1.82) is 0 Å². The molecule has 0 spiro atoms. The van der Waals surface area contributed by atoms with Gasteiger partial charge in [-0.25, -0.2) is 4.98 Å². The maximum atomic E-state index is 4.48. The van der Waals surface area contributed by atoms with E-state index in [0.29, 0.717) is 0 Å². The number of rotatable bonds is 3. The van der Waals surface area contributed by atoms with Gasteiger partial charge in [-0.15, -0.1) is 0 Å². The van der Waals surface area contributed by atoms with Gasteiger partial charge in [0.05, 0.1) is 17.7 Å². The molecule has 0 saturated carbocycles. The summed E-state index contributed by atoms with van der Waals surface area (Å²) in [5.41, 5.74) is 5.26. The van der Waals surface area contributed by atoms with Crippen LogP contribution in [0.3, 0.4) is 0 Å². The Morgan fingerprint density at radius 1 is 1.19 bits per heavy atom. The maximum absolute atomic E-state index is 4.48. The van der Waals surface area contributed by atoms with Crippen LogP contribution >= 0.6 is 0 Å². The van der Waals surface area contributed by atoms with Crippen LogP contribution in [0.2, 0.25) is 0 Å². The van der Waals surface area contributed by atoms with Crippen molar-refractivity contribution in [2.24, 2.45) is 7.05 Å². The Labute approximate surface area is 124 Å². The minimum absolute atomic E-state index is 0.832. The standard InChI is InChI=1S/C18H19N3/c1-12-9-14-7-5-6-8-15(14)10-16(12)18-17(13(2)19-3)20-11-21(18)4/h5-11,19H,2H2,1,3-4H3. The number of benzene rings is 2. The topological polar surface area (TPSA) is 29.9 Å². The lowest BCUT2D eigenvalue weighted by atomic mass is 9.98. The highest BCUT2D eigenvalue weighted by molar-refractivity contribution is 5.90. The van der Waals surface area contributed by atoms with Crippen LogP contribution in [-0.4, -0.2) is 16.6 Å². The Bertz CT molecular complexity index is 828. The zero-order valence-electron chi connectivity index (χ0n) is 12.6. The molecule has 0 saturated heterocycles. The molecule has 1 heterocycles. The van der Waals surface area contributed by atoms with Gasteiger partial charge in [-0.2, -0.15) is 0 Å². The summed E-state index contributed by atoms with van der Waals surface area (Å²) in [6, 6.07) is 12.9. The molecule has 0 bridgehead atoms. The predicted molar refractivity (Wildman–Crippen MR) is 89.0 cm³/mol. The van der Waals surface area contributed by atoms with E-state index in [1.807, 2.05) is 20.4 Å². The highest BCUT2D eigenvalue weighted by atomic mass is 15.0. The van der Waals surface area contributed by atoms with Crippen molar-refractivity contribution in [3.8, 4) is 11.3 Å². The molecular formula is C18H19N3. The zero-order chi connectivity index (χ0) is 15.0. The Morgan fingerprint density at radius 2 is 1.86 bits per heavy atom. The Hall–Kier alpha value is -2.55. The minimum atomic E-state index is 0.832. The second-order valence-electron chi connectivity index (χ2n) is 5.30. The van der Waals surface area contributed by atoms with E-state index < -0.39 is 0 Å². The van der Waals surface area contributed by atoms with Gasteiger partial charge in [0.1, 0.15) is 5.69 Å². The number of hydrogen-bond donors (Lipinski definition) is 1. The number of aryl methyl sites for hydroxylation is 2. The fourth-order valence-corrected chi connectivity index (χ4v) is 2.70. The molecule has 2 aromatic carbocycles. The third kappa shape index (κ3) is 2.21. The van der Waals surface area contributed by atoms with E-state index in [1.54, 1.807) is 0 Å². The summed E-state index contributed by atoms with van der Waals surface area (Å²) in [5, 5.41) is 5.59. The van der Waals surface area contributed by atoms with Crippen molar-refractivity contribution in [3.05, 3.63) is 60.6 Å². The van der Waals surface area contributed by atoms with Crippen molar-refractivity contribution in [2.75, 3.05) is 7.05 Å². The van der Waals surface area contributed by atoms with Gasteiger partial charge >= 0.3 is 0 Å².